The second-order valence-corrected chi connectivity index (χ2v) is 10.9. The molecule has 2 fully saturated rings. The van der Waals surface area contributed by atoms with E-state index >= 15 is 0 Å². The number of benzene rings is 2. The van der Waals surface area contributed by atoms with Crippen LogP contribution in [-0.2, 0) is 22.6 Å². The highest BCUT2D eigenvalue weighted by Gasteiger charge is 2.52. The SMILES string of the molecule is C=CCN(C(=O)NC)N1CC(=O)N2[C@@H](Cc3ccc4[nH]ncc4c3)C(=O)N(Cc3cccc4sc(N)nc34)C[C@@H]21. The largest absolute Gasteiger partial charge is 0.375 e. The number of nitrogen functional groups attached to an aromatic ring is 1. The number of urea groups is 1. The summed E-state index contributed by atoms with van der Waals surface area (Å²) in [5.74, 6) is -0.367. The monoisotopic (exact) mass is 559 g/mol. The van der Waals surface area contributed by atoms with E-state index in [1.165, 1.54) is 16.3 Å². The Bertz CT molecular complexity index is 1630. The number of nitrogens with two attached hydrogens (primary N) is 1. The number of carbonyl (C=O) groups excluding carboxylic acids is 3. The zero-order chi connectivity index (χ0) is 28.0. The third-order valence-corrected chi connectivity index (χ3v) is 8.29. The molecule has 6 rings (SSSR count). The third-order valence-electron chi connectivity index (χ3n) is 7.44. The normalized spacial score (nSPS) is 19.4. The Morgan fingerprint density at radius 1 is 1.32 bits per heavy atom. The van der Waals surface area contributed by atoms with Gasteiger partial charge >= 0.3 is 6.03 Å². The Morgan fingerprint density at radius 3 is 2.98 bits per heavy atom. The predicted molar refractivity (Wildman–Crippen MR) is 152 cm³/mol. The highest BCUT2D eigenvalue weighted by molar-refractivity contribution is 7.22. The zero-order valence-corrected chi connectivity index (χ0v) is 22.7. The van der Waals surface area contributed by atoms with Crippen LogP contribution in [0.5, 0.6) is 0 Å². The topological polar surface area (TPSA) is 144 Å². The number of aromatic nitrogens is 3. The van der Waals surface area contributed by atoms with Crippen molar-refractivity contribution >= 4 is 55.4 Å². The molecule has 206 valence electrons. The third kappa shape index (κ3) is 4.42. The summed E-state index contributed by atoms with van der Waals surface area (Å²) >= 11 is 1.40. The van der Waals surface area contributed by atoms with E-state index in [4.69, 9.17) is 5.73 Å². The maximum atomic E-state index is 14.1. The van der Waals surface area contributed by atoms with Gasteiger partial charge in [-0.1, -0.05) is 35.6 Å². The average Bonchev–Trinajstić information content (AvgIpc) is 3.65. The first kappa shape index (κ1) is 25.8. The standard InChI is InChI=1S/C27H29N9O3S/c1-3-9-34(27(39)29-2)35-15-23(37)36-20(11-16-7-8-19-18(10-16)12-30-32-19)25(38)33(14-22(35)36)13-17-5-4-6-21-24(17)31-26(28)40-21/h3-8,10,12,20,22H,1,9,11,13-15H2,2H3,(H2,28,31)(H,29,39)(H,30,32)/t20-,22+/m0/s1. The molecule has 0 bridgehead atoms. The highest BCUT2D eigenvalue weighted by Crippen LogP contribution is 2.32. The summed E-state index contributed by atoms with van der Waals surface area (Å²) in [5.41, 5.74) is 9.42. The fourth-order valence-electron chi connectivity index (χ4n) is 5.64. The number of para-hydroxylation sites is 1. The Kier molecular flexibility index (Phi) is 6.60. The van der Waals surface area contributed by atoms with Crippen LogP contribution in [0.1, 0.15) is 11.1 Å². The molecule has 0 saturated carbocycles. The molecular formula is C27H29N9O3S. The number of thiazole rings is 1. The first-order valence-corrected chi connectivity index (χ1v) is 13.7. The number of rotatable bonds is 7. The Morgan fingerprint density at radius 2 is 2.17 bits per heavy atom. The molecule has 12 nitrogen and oxygen atoms in total. The van der Waals surface area contributed by atoms with Gasteiger partial charge in [0, 0.05) is 25.4 Å². The van der Waals surface area contributed by atoms with Gasteiger partial charge in [-0.3, -0.25) is 19.7 Å². The number of amides is 4. The number of fused-ring (bicyclic) bond motifs is 3. The van der Waals surface area contributed by atoms with E-state index < -0.39 is 12.2 Å². The van der Waals surface area contributed by atoms with Crippen molar-refractivity contribution in [2.24, 2.45) is 0 Å². The number of anilines is 1. The number of hydrazine groups is 1. The van der Waals surface area contributed by atoms with Gasteiger partial charge in [-0.05, 0) is 29.3 Å². The molecule has 4 aromatic rings. The molecule has 0 aliphatic carbocycles. The molecule has 2 aromatic carbocycles. The summed E-state index contributed by atoms with van der Waals surface area (Å²) in [4.78, 5) is 48.3. The van der Waals surface area contributed by atoms with Crippen molar-refractivity contribution in [1.82, 2.24) is 40.3 Å². The van der Waals surface area contributed by atoms with Crippen molar-refractivity contribution in [3.63, 3.8) is 0 Å². The predicted octanol–water partition coefficient (Wildman–Crippen LogP) is 1.92. The molecule has 4 N–H and O–H groups in total. The molecule has 0 unspecified atom stereocenters. The van der Waals surface area contributed by atoms with Crippen LogP contribution < -0.4 is 11.1 Å². The fraction of sp³-hybridized carbons (Fsp3) is 0.296. The number of hydrogen-bond donors (Lipinski definition) is 3. The minimum Gasteiger partial charge on any atom is -0.375 e. The Labute approximate surface area is 234 Å². The summed E-state index contributed by atoms with van der Waals surface area (Å²) in [5, 5.41) is 14.3. The fourth-order valence-corrected chi connectivity index (χ4v) is 6.43. The molecular weight excluding hydrogens is 530 g/mol. The van der Waals surface area contributed by atoms with Crippen LogP contribution in [0.2, 0.25) is 0 Å². The zero-order valence-electron chi connectivity index (χ0n) is 21.9. The summed E-state index contributed by atoms with van der Waals surface area (Å²) < 4.78 is 0.945. The molecule has 0 radical (unpaired) electrons. The van der Waals surface area contributed by atoms with Crippen molar-refractivity contribution < 1.29 is 14.4 Å². The number of nitrogens with zero attached hydrogens (tertiary/aromatic N) is 6. The van der Waals surface area contributed by atoms with Gasteiger partial charge in [0.2, 0.25) is 11.8 Å². The molecule has 4 amide bonds. The maximum absolute atomic E-state index is 14.1. The van der Waals surface area contributed by atoms with E-state index in [0.717, 1.165) is 32.2 Å². The summed E-state index contributed by atoms with van der Waals surface area (Å²) in [7, 11) is 1.54. The summed E-state index contributed by atoms with van der Waals surface area (Å²) in [6, 6.07) is 10.5. The lowest BCUT2D eigenvalue weighted by atomic mass is 9.99. The minimum atomic E-state index is -0.754. The van der Waals surface area contributed by atoms with Crippen LogP contribution in [0.3, 0.4) is 0 Å². The number of H-pyrrole nitrogens is 1. The number of carbonyl (C=O) groups is 3. The van der Waals surface area contributed by atoms with Crippen LogP contribution in [0, 0.1) is 0 Å². The van der Waals surface area contributed by atoms with Crippen molar-refractivity contribution in [3.8, 4) is 0 Å². The molecule has 13 heteroatoms. The van der Waals surface area contributed by atoms with Crippen LogP contribution in [0.15, 0.2) is 55.3 Å². The van der Waals surface area contributed by atoms with Crippen molar-refractivity contribution in [3.05, 3.63) is 66.4 Å². The number of aromatic amines is 1. The number of piperazine rings is 1. The first-order valence-electron chi connectivity index (χ1n) is 12.9. The van der Waals surface area contributed by atoms with E-state index in [-0.39, 0.29) is 37.5 Å². The second kappa shape index (κ2) is 10.2. The smallest absolute Gasteiger partial charge is 0.332 e. The number of hydrogen-bond acceptors (Lipinski definition) is 8. The van der Waals surface area contributed by atoms with Crippen LogP contribution in [0.4, 0.5) is 9.93 Å². The van der Waals surface area contributed by atoms with E-state index in [2.05, 4.69) is 27.1 Å². The molecule has 2 aliphatic rings. The van der Waals surface area contributed by atoms with Gasteiger partial charge in [0.15, 0.2) is 5.13 Å². The quantitative estimate of drug-likeness (QED) is 0.294. The van der Waals surface area contributed by atoms with Crippen molar-refractivity contribution in [2.45, 2.75) is 25.2 Å². The molecule has 2 aliphatic heterocycles. The molecule has 40 heavy (non-hydrogen) atoms. The van der Waals surface area contributed by atoms with Crippen molar-refractivity contribution in [1.29, 1.82) is 0 Å². The molecule has 2 atom stereocenters. The Hall–Kier alpha value is -4.49. The Balaban J connectivity index is 1.38. The summed E-state index contributed by atoms with van der Waals surface area (Å²) in [6.07, 6.45) is 3.13. The van der Waals surface area contributed by atoms with Crippen LogP contribution in [0.25, 0.3) is 21.1 Å². The van der Waals surface area contributed by atoms with Crippen molar-refractivity contribution in [2.75, 3.05) is 32.4 Å². The van der Waals surface area contributed by atoms with Gasteiger partial charge in [0.25, 0.3) is 0 Å². The number of nitrogens with one attached hydrogen (secondary N) is 2. The van der Waals surface area contributed by atoms with E-state index in [1.807, 2.05) is 36.4 Å². The van der Waals surface area contributed by atoms with Gasteiger partial charge in [-0.15, -0.1) is 6.58 Å². The second-order valence-electron chi connectivity index (χ2n) is 9.85. The van der Waals surface area contributed by atoms with Gasteiger partial charge < -0.3 is 20.9 Å². The van der Waals surface area contributed by atoms with Gasteiger partial charge in [0.05, 0.1) is 41.6 Å². The minimum absolute atomic E-state index is 0.0253. The lowest BCUT2D eigenvalue weighted by Gasteiger charge is -2.46. The van der Waals surface area contributed by atoms with E-state index in [9.17, 15) is 14.4 Å². The van der Waals surface area contributed by atoms with Gasteiger partial charge in [-0.2, -0.15) is 10.1 Å². The van der Waals surface area contributed by atoms with Gasteiger partial charge in [-0.25, -0.2) is 9.78 Å². The maximum Gasteiger partial charge on any atom is 0.332 e. The van der Waals surface area contributed by atoms with Crippen LogP contribution in [-0.4, -0.2) is 91.7 Å². The average molecular weight is 560 g/mol. The van der Waals surface area contributed by atoms with E-state index in [1.54, 1.807) is 34.1 Å². The molecule has 0 spiro atoms. The van der Waals surface area contributed by atoms with E-state index in [0.29, 0.717) is 18.1 Å². The molecule has 4 heterocycles. The lowest BCUT2D eigenvalue weighted by molar-refractivity contribution is -0.157. The summed E-state index contributed by atoms with van der Waals surface area (Å²) in [6.45, 7) is 4.49. The lowest BCUT2D eigenvalue weighted by Crippen LogP contribution is -2.65. The first-order chi connectivity index (χ1) is 19.4. The van der Waals surface area contributed by atoms with Gasteiger partial charge in [0.1, 0.15) is 12.2 Å². The van der Waals surface area contributed by atoms with Crippen LogP contribution >= 0.6 is 11.3 Å². The molecule has 2 aromatic heterocycles. The molecule has 2 saturated heterocycles. The highest BCUT2D eigenvalue weighted by atomic mass is 32.1.